The van der Waals surface area contributed by atoms with Crippen LogP contribution in [0, 0.1) is 0 Å². The molecule has 1 fully saturated rings. The van der Waals surface area contributed by atoms with Gasteiger partial charge in [0.05, 0.1) is 0 Å². The zero-order chi connectivity index (χ0) is 26.2. The van der Waals surface area contributed by atoms with Gasteiger partial charge in [0, 0.05) is 17.8 Å². The smallest absolute Gasteiger partial charge is 0.332 e. The third-order valence-electron chi connectivity index (χ3n) is 6.51. The van der Waals surface area contributed by atoms with Crippen molar-refractivity contribution in [3.05, 3.63) is 59.2 Å². The summed E-state index contributed by atoms with van der Waals surface area (Å²) in [6, 6.07) is 10.7. The van der Waals surface area contributed by atoms with Crippen molar-refractivity contribution in [3.8, 4) is 5.75 Å². The number of rotatable bonds is 11. The molecule has 0 saturated carbocycles. The number of nitrogens with one attached hydrogen (secondary N) is 1. The number of urea groups is 1. The topological polar surface area (TPSA) is 116 Å². The summed E-state index contributed by atoms with van der Waals surface area (Å²) in [5.41, 5.74) is 8.81. The summed E-state index contributed by atoms with van der Waals surface area (Å²) in [6.45, 7) is 6.25. The summed E-state index contributed by atoms with van der Waals surface area (Å²) in [5, 5.41) is 13.6. The highest BCUT2D eigenvalue weighted by molar-refractivity contribution is 6.10. The van der Waals surface area contributed by atoms with E-state index in [0.29, 0.717) is 30.5 Å². The lowest BCUT2D eigenvalue weighted by atomic mass is 9.96. The van der Waals surface area contributed by atoms with E-state index in [2.05, 4.69) is 19.2 Å². The molecular formula is C28H38N4O4. The van der Waals surface area contributed by atoms with Gasteiger partial charge < -0.3 is 16.2 Å². The predicted octanol–water partition coefficient (Wildman–Crippen LogP) is 4.34. The number of aromatic hydroxyl groups is 1. The number of para-hydroxylation sites is 1. The minimum atomic E-state index is -1.12. The van der Waals surface area contributed by atoms with E-state index < -0.39 is 30.1 Å². The highest BCUT2D eigenvalue weighted by atomic mass is 16.3. The summed E-state index contributed by atoms with van der Waals surface area (Å²) in [5.74, 6) is -0.738. The molecule has 0 aliphatic carbocycles. The quantitative estimate of drug-likeness (QED) is 0.430. The second-order valence-electron chi connectivity index (χ2n) is 9.27. The van der Waals surface area contributed by atoms with Gasteiger partial charge in [-0.05, 0) is 67.5 Å². The minimum Gasteiger partial charge on any atom is -0.507 e. The number of nitrogens with two attached hydrogens (primary N) is 1. The van der Waals surface area contributed by atoms with Gasteiger partial charge in [-0.15, -0.1) is 0 Å². The molecule has 1 heterocycles. The molecule has 8 nitrogen and oxygen atoms in total. The van der Waals surface area contributed by atoms with Crippen LogP contribution in [0.1, 0.15) is 74.4 Å². The van der Waals surface area contributed by atoms with Crippen LogP contribution in [-0.2, 0) is 17.6 Å². The first kappa shape index (κ1) is 27.2. The molecule has 2 atom stereocenters. The molecule has 0 spiro atoms. The number of nitrogens with zero attached hydrogens (tertiary/aromatic N) is 2. The van der Waals surface area contributed by atoms with E-state index in [1.807, 2.05) is 13.0 Å². The van der Waals surface area contributed by atoms with E-state index >= 15 is 0 Å². The Bertz CT molecular complexity index is 1040. The summed E-state index contributed by atoms with van der Waals surface area (Å²) in [4.78, 5) is 42.4. The average Bonchev–Trinajstić information content (AvgIpc) is 2.88. The van der Waals surface area contributed by atoms with Crippen molar-refractivity contribution in [2.45, 2.75) is 77.9 Å². The van der Waals surface area contributed by atoms with E-state index in [4.69, 9.17) is 5.73 Å². The molecule has 2 aromatic rings. The molecule has 194 valence electrons. The van der Waals surface area contributed by atoms with Gasteiger partial charge in [0.15, 0.2) is 0 Å². The number of phenols is 1. The molecule has 0 aromatic heterocycles. The summed E-state index contributed by atoms with van der Waals surface area (Å²) >= 11 is 0. The Balaban J connectivity index is 1.94. The molecule has 4 N–H and O–H groups in total. The summed E-state index contributed by atoms with van der Waals surface area (Å²) < 4.78 is 0. The van der Waals surface area contributed by atoms with E-state index in [1.165, 1.54) is 4.90 Å². The summed E-state index contributed by atoms with van der Waals surface area (Å²) in [6.07, 6.45) is 4.52. The number of carbonyl (C=O) groups is 3. The van der Waals surface area contributed by atoms with E-state index in [9.17, 15) is 19.5 Å². The first-order chi connectivity index (χ1) is 17.3. The maximum Gasteiger partial charge on any atom is 0.332 e. The molecule has 1 aliphatic heterocycles. The second-order valence-corrected chi connectivity index (χ2v) is 9.27. The number of hydrogen-bond donors (Lipinski definition) is 3. The fourth-order valence-corrected chi connectivity index (χ4v) is 4.49. The van der Waals surface area contributed by atoms with Crippen LogP contribution in [0.25, 0.3) is 0 Å². The zero-order valence-corrected chi connectivity index (χ0v) is 21.5. The number of aryl methyl sites for hydroxylation is 2. The molecular weight excluding hydrogens is 456 g/mol. The lowest BCUT2D eigenvalue weighted by Crippen LogP contribution is -2.71. The minimum absolute atomic E-state index is 0.224. The van der Waals surface area contributed by atoms with E-state index in [1.54, 1.807) is 36.4 Å². The normalized spacial score (nSPS) is 18.0. The largest absolute Gasteiger partial charge is 0.507 e. The molecule has 4 amide bonds. The van der Waals surface area contributed by atoms with Crippen LogP contribution in [0.15, 0.2) is 42.5 Å². The predicted molar refractivity (Wildman–Crippen MR) is 141 cm³/mol. The van der Waals surface area contributed by atoms with Gasteiger partial charge >= 0.3 is 6.03 Å². The molecule has 2 unspecified atom stereocenters. The lowest BCUT2D eigenvalue weighted by molar-refractivity contribution is -0.132. The van der Waals surface area contributed by atoms with Gasteiger partial charge in [-0.2, -0.15) is 0 Å². The van der Waals surface area contributed by atoms with Gasteiger partial charge in [-0.25, -0.2) is 4.79 Å². The standard InChI is InChI=1S/C28H38N4O4/c1-4-7-12-19-17-21(18-20(24(19)33)13-8-5-2)26(34)30-23-25(29)32(22-14-10-9-11-15-22)28(36)31(16-6-3)27(23)35/h9-11,14-15,17-18,23,25,33H,4-8,12-13,16,29H2,1-3H3,(H,30,34). The first-order valence-corrected chi connectivity index (χ1v) is 12.9. The van der Waals surface area contributed by atoms with Crippen molar-refractivity contribution in [2.24, 2.45) is 5.73 Å². The average molecular weight is 495 g/mol. The van der Waals surface area contributed by atoms with E-state index in [0.717, 1.165) is 41.7 Å². The Hall–Kier alpha value is -3.39. The zero-order valence-electron chi connectivity index (χ0n) is 21.5. The van der Waals surface area contributed by atoms with Gasteiger partial charge in [0.25, 0.3) is 11.8 Å². The van der Waals surface area contributed by atoms with Gasteiger partial charge in [0.1, 0.15) is 18.0 Å². The molecule has 0 radical (unpaired) electrons. The third-order valence-corrected chi connectivity index (χ3v) is 6.51. The SMILES string of the molecule is CCCCc1cc(C(=O)NC2C(=O)N(CCC)C(=O)N(c3ccccc3)C2N)cc(CCCC)c1O. The third kappa shape index (κ3) is 5.87. The molecule has 8 heteroatoms. The Labute approximate surface area is 213 Å². The Kier molecular flexibility index (Phi) is 9.47. The molecule has 2 aromatic carbocycles. The van der Waals surface area contributed by atoms with Crippen LogP contribution in [-0.4, -0.2) is 46.6 Å². The van der Waals surface area contributed by atoms with Crippen molar-refractivity contribution in [1.29, 1.82) is 0 Å². The number of imide groups is 1. The van der Waals surface area contributed by atoms with Crippen molar-refractivity contribution in [1.82, 2.24) is 10.2 Å². The van der Waals surface area contributed by atoms with E-state index in [-0.39, 0.29) is 12.3 Å². The Morgan fingerprint density at radius 2 is 1.56 bits per heavy atom. The number of unbranched alkanes of at least 4 members (excludes halogenated alkanes) is 2. The van der Waals surface area contributed by atoms with Crippen LogP contribution in [0.4, 0.5) is 10.5 Å². The van der Waals surface area contributed by atoms with Crippen LogP contribution >= 0.6 is 0 Å². The number of benzene rings is 2. The number of hydrogen-bond acceptors (Lipinski definition) is 5. The first-order valence-electron chi connectivity index (χ1n) is 12.9. The summed E-state index contributed by atoms with van der Waals surface area (Å²) in [7, 11) is 0. The van der Waals surface area contributed by atoms with Crippen molar-refractivity contribution in [2.75, 3.05) is 11.4 Å². The number of amides is 4. The monoisotopic (exact) mass is 494 g/mol. The molecule has 1 aliphatic rings. The fraction of sp³-hybridized carbons (Fsp3) is 0.464. The van der Waals surface area contributed by atoms with Gasteiger partial charge in [0.2, 0.25) is 0 Å². The van der Waals surface area contributed by atoms with Gasteiger partial charge in [-0.1, -0.05) is 51.8 Å². The van der Waals surface area contributed by atoms with Crippen LogP contribution < -0.4 is 16.0 Å². The Morgan fingerprint density at radius 1 is 0.972 bits per heavy atom. The maximum atomic E-state index is 13.4. The number of anilines is 1. The maximum absolute atomic E-state index is 13.4. The van der Waals surface area contributed by atoms with Gasteiger partial charge in [-0.3, -0.25) is 19.4 Å². The molecule has 1 saturated heterocycles. The fourth-order valence-electron chi connectivity index (χ4n) is 4.49. The second kappa shape index (κ2) is 12.5. The molecule has 0 bridgehead atoms. The highest BCUT2D eigenvalue weighted by Crippen LogP contribution is 2.29. The molecule has 36 heavy (non-hydrogen) atoms. The number of carbonyl (C=O) groups excluding carboxylic acids is 3. The van der Waals surface area contributed by atoms with Crippen LogP contribution in [0.2, 0.25) is 0 Å². The Morgan fingerprint density at radius 3 is 2.08 bits per heavy atom. The van der Waals surface area contributed by atoms with Crippen molar-refractivity contribution >= 4 is 23.5 Å². The van der Waals surface area contributed by atoms with Crippen LogP contribution in [0.3, 0.4) is 0 Å². The number of phenolic OH excluding ortho intramolecular Hbond substituents is 1. The molecule has 3 rings (SSSR count). The highest BCUT2D eigenvalue weighted by Gasteiger charge is 2.46. The van der Waals surface area contributed by atoms with Crippen molar-refractivity contribution < 1.29 is 19.5 Å². The lowest BCUT2D eigenvalue weighted by Gasteiger charge is -2.43. The van der Waals surface area contributed by atoms with Crippen LogP contribution in [0.5, 0.6) is 5.75 Å². The van der Waals surface area contributed by atoms with Crippen molar-refractivity contribution in [3.63, 3.8) is 0 Å².